The Morgan fingerprint density at radius 2 is 2.29 bits per heavy atom. The molecule has 4 heterocycles. The van der Waals surface area contributed by atoms with E-state index in [1.807, 2.05) is 16.8 Å². The summed E-state index contributed by atoms with van der Waals surface area (Å²) in [6, 6.07) is 2.79. The lowest BCUT2D eigenvalue weighted by Crippen LogP contribution is -2.46. The van der Waals surface area contributed by atoms with Crippen molar-refractivity contribution < 1.29 is 9.21 Å². The van der Waals surface area contributed by atoms with E-state index in [1.54, 1.807) is 11.3 Å². The number of hydrogen-bond donors (Lipinski definition) is 1. The lowest BCUT2D eigenvalue weighted by molar-refractivity contribution is -0.122. The second-order valence-electron chi connectivity index (χ2n) is 6.57. The Balaban J connectivity index is 1.28. The number of fused-ring (bicyclic) bond motifs is 1. The Labute approximate surface area is 145 Å². The molecule has 0 aromatic carbocycles. The smallest absolute Gasteiger partial charge is 0.248 e. The molecule has 7 heteroatoms. The van der Waals surface area contributed by atoms with Crippen molar-refractivity contribution in [1.82, 2.24) is 20.4 Å². The molecule has 2 aliphatic rings. The minimum absolute atomic E-state index is 0.0858. The first kappa shape index (κ1) is 15.8. The first-order valence-corrected chi connectivity index (χ1v) is 9.62. The Hall–Kier alpha value is -1.73. The van der Waals surface area contributed by atoms with Crippen LogP contribution in [0.5, 0.6) is 0 Å². The maximum atomic E-state index is 12.3. The van der Waals surface area contributed by atoms with Gasteiger partial charge in [-0.2, -0.15) is 11.3 Å². The van der Waals surface area contributed by atoms with Gasteiger partial charge in [-0.15, -0.1) is 10.2 Å². The highest BCUT2D eigenvalue weighted by Gasteiger charge is 2.36. The number of carbonyl (C=O) groups excluding carboxylic acids is 1. The SMILES string of the molecule is O=C(CCc1nnc(-c2ccsc2)o1)N[C@@H]1CCN2CCCC[C@@H]12. The Morgan fingerprint density at radius 1 is 1.33 bits per heavy atom. The zero-order chi connectivity index (χ0) is 16.4. The molecule has 1 amide bonds. The van der Waals surface area contributed by atoms with E-state index < -0.39 is 0 Å². The molecule has 2 saturated heterocycles. The zero-order valence-corrected chi connectivity index (χ0v) is 14.4. The van der Waals surface area contributed by atoms with Gasteiger partial charge in [-0.05, 0) is 37.3 Å². The summed E-state index contributed by atoms with van der Waals surface area (Å²) in [5.41, 5.74) is 0.937. The number of hydrogen-bond acceptors (Lipinski definition) is 6. The van der Waals surface area contributed by atoms with Crippen molar-refractivity contribution in [2.75, 3.05) is 13.1 Å². The van der Waals surface area contributed by atoms with Crippen molar-refractivity contribution in [3.05, 3.63) is 22.7 Å². The average molecular weight is 346 g/mol. The molecule has 4 rings (SSSR count). The van der Waals surface area contributed by atoms with Crippen molar-refractivity contribution in [1.29, 1.82) is 0 Å². The number of carbonyl (C=O) groups is 1. The molecule has 0 unspecified atom stereocenters. The van der Waals surface area contributed by atoms with Gasteiger partial charge >= 0.3 is 0 Å². The Kier molecular flexibility index (Phi) is 4.62. The van der Waals surface area contributed by atoms with Crippen molar-refractivity contribution >= 4 is 17.2 Å². The van der Waals surface area contributed by atoms with Crippen LogP contribution in [0.25, 0.3) is 11.5 Å². The highest BCUT2D eigenvalue weighted by Crippen LogP contribution is 2.27. The molecule has 128 valence electrons. The highest BCUT2D eigenvalue weighted by atomic mass is 32.1. The molecule has 0 spiro atoms. The molecule has 6 nitrogen and oxygen atoms in total. The number of thiophene rings is 1. The van der Waals surface area contributed by atoms with E-state index >= 15 is 0 Å². The molecule has 0 aliphatic carbocycles. The second kappa shape index (κ2) is 7.03. The number of amides is 1. The van der Waals surface area contributed by atoms with Crippen LogP contribution >= 0.6 is 11.3 Å². The molecule has 2 aromatic rings. The zero-order valence-electron chi connectivity index (χ0n) is 13.6. The van der Waals surface area contributed by atoms with Gasteiger partial charge in [0.05, 0.1) is 0 Å². The van der Waals surface area contributed by atoms with E-state index in [0.717, 1.165) is 18.5 Å². The fraction of sp³-hybridized carbons (Fsp3) is 0.588. The van der Waals surface area contributed by atoms with E-state index in [1.165, 1.54) is 25.8 Å². The maximum absolute atomic E-state index is 12.3. The van der Waals surface area contributed by atoms with Gasteiger partial charge < -0.3 is 9.73 Å². The van der Waals surface area contributed by atoms with Crippen LogP contribution < -0.4 is 5.32 Å². The maximum Gasteiger partial charge on any atom is 0.248 e. The van der Waals surface area contributed by atoms with Crippen molar-refractivity contribution in [2.45, 2.75) is 50.6 Å². The third-order valence-electron chi connectivity index (χ3n) is 5.00. The van der Waals surface area contributed by atoms with E-state index in [0.29, 0.717) is 36.7 Å². The van der Waals surface area contributed by atoms with Gasteiger partial charge in [0, 0.05) is 42.4 Å². The van der Waals surface area contributed by atoms with Crippen LogP contribution in [0.1, 0.15) is 38.0 Å². The molecular weight excluding hydrogens is 324 g/mol. The number of aryl methyl sites for hydroxylation is 1. The van der Waals surface area contributed by atoms with Crippen LogP contribution in [0.2, 0.25) is 0 Å². The van der Waals surface area contributed by atoms with Crippen LogP contribution in [-0.4, -0.2) is 46.2 Å². The van der Waals surface area contributed by atoms with E-state index in [9.17, 15) is 4.79 Å². The first-order valence-electron chi connectivity index (χ1n) is 8.68. The minimum Gasteiger partial charge on any atom is -0.421 e. The van der Waals surface area contributed by atoms with Crippen molar-refractivity contribution in [3.63, 3.8) is 0 Å². The largest absolute Gasteiger partial charge is 0.421 e. The molecule has 2 fully saturated rings. The summed E-state index contributed by atoms with van der Waals surface area (Å²) in [5.74, 6) is 1.14. The molecule has 1 N–H and O–H groups in total. The molecule has 0 radical (unpaired) electrons. The lowest BCUT2D eigenvalue weighted by atomic mass is 9.99. The van der Waals surface area contributed by atoms with E-state index in [4.69, 9.17) is 4.42 Å². The van der Waals surface area contributed by atoms with Crippen molar-refractivity contribution in [2.24, 2.45) is 0 Å². The molecule has 0 bridgehead atoms. The van der Waals surface area contributed by atoms with Crippen LogP contribution in [-0.2, 0) is 11.2 Å². The predicted octanol–water partition coefficient (Wildman–Crippen LogP) is 2.47. The van der Waals surface area contributed by atoms with E-state index in [-0.39, 0.29) is 5.91 Å². The number of rotatable bonds is 5. The third kappa shape index (κ3) is 3.37. The summed E-state index contributed by atoms with van der Waals surface area (Å²) in [7, 11) is 0. The normalized spacial score (nSPS) is 24.0. The summed E-state index contributed by atoms with van der Waals surface area (Å²) in [5, 5.41) is 15.2. The van der Waals surface area contributed by atoms with Crippen LogP contribution in [0.15, 0.2) is 21.2 Å². The monoisotopic (exact) mass is 346 g/mol. The third-order valence-corrected chi connectivity index (χ3v) is 5.69. The first-order chi connectivity index (χ1) is 11.8. The number of aromatic nitrogens is 2. The summed E-state index contributed by atoms with van der Waals surface area (Å²) in [6.45, 7) is 2.30. The predicted molar refractivity (Wildman–Crippen MR) is 91.7 cm³/mol. The van der Waals surface area contributed by atoms with Crippen LogP contribution in [0.4, 0.5) is 0 Å². The van der Waals surface area contributed by atoms with Crippen LogP contribution in [0.3, 0.4) is 0 Å². The van der Waals surface area contributed by atoms with Gasteiger partial charge in [0.1, 0.15) is 0 Å². The topological polar surface area (TPSA) is 71.3 Å². The van der Waals surface area contributed by atoms with Gasteiger partial charge in [0.25, 0.3) is 0 Å². The van der Waals surface area contributed by atoms with Crippen LogP contribution in [0, 0.1) is 0 Å². The molecule has 24 heavy (non-hydrogen) atoms. The summed E-state index contributed by atoms with van der Waals surface area (Å²) < 4.78 is 5.63. The van der Waals surface area contributed by atoms with Crippen molar-refractivity contribution in [3.8, 4) is 11.5 Å². The van der Waals surface area contributed by atoms with Gasteiger partial charge in [-0.1, -0.05) is 6.42 Å². The second-order valence-corrected chi connectivity index (χ2v) is 7.35. The lowest BCUT2D eigenvalue weighted by Gasteiger charge is -2.32. The number of nitrogens with zero attached hydrogens (tertiary/aromatic N) is 3. The van der Waals surface area contributed by atoms with Gasteiger partial charge in [-0.25, -0.2) is 0 Å². The Morgan fingerprint density at radius 3 is 3.17 bits per heavy atom. The molecule has 2 aliphatic heterocycles. The van der Waals surface area contributed by atoms with Gasteiger partial charge in [0.2, 0.25) is 17.7 Å². The molecule has 0 saturated carbocycles. The van der Waals surface area contributed by atoms with E-state index in [2.05, 4.69) is 20.4 Å². The Bertz CT molecular complexity index is 685. The standard InChI is InChI=1S/C17H22N4O2S/c22-15(18-13-6-9-21-8-2-1-3-14(13)21)4-5-16-19-20-17(23-16)12-7-10-24-11-12/h7,10-11,13-14H,1-6,8-9H2,(H,18,22)/t13-,14+/m1/s1. The van der Waals surface area contributed by atoms with Gasteiger partial charge in [0.15, 0.2) is 0 Å². The minimum atomic E-state index is 0.0858. The quantitative estimate of drug-likeness (QED) is 0.900. The van der Waals surface area contributed by atoms with Gasteiger partial charge in [-0.3, -0.25) is 9.69 Å². The molecule has 2 aromatic heterocycles. The highest BCUT2D eigenvalue weighted by molar-refractivity contribution is 7.08. The molecule has 2 atom stereocenters. The fourth-order valence-corrected chi connectivity index (χ4v) is 4.40. The molecular formula is C17H22N4O2S. The summed E-state index contributed by atoms with van der Waals surface area (Å²) in [4.78, 5) is 14.8. The number of nitrogens with one attached hydrogen (secondary N) is 1. The number of piperidine rings is 1. The summed E-state index contributed by atoms with van der Waals surface area (Å²) >= 11 is 1.59. The average Bonchev–Trinajstić information content (AvgIpc) is 3.34. The fourth-order valence-electron chi connectivity index (χ4n) is 3.77. The summed E-state index contributed by atoms with van der Waals surface area (Å²) in [6.07, 6.45) is 5.73.